The van der Waals surface area contributed by atoms with Crippen molar-refractivity contribution in [1.82, 2.24) is 9.55 Å². The van der Waals surface area contributed by atoms with E-state index in [4.69, 9.17) is 5.11 Å². The summed E-state index contributed by atoms with van der Waals surface area (Å²) in [4.78, 5) is 27.3. The van der Waals surface area contributed by atoms with E-state index in [0.29, 0.717) is 30.9 Å². The average molecular weight is 237 g/mol. The van der Waals surface area contributed by atoms with Gasteiger partial charge in [-0.1, -0.05) is 6.92 Å². The molecule has 6 heteroatoms. The number of anilines is 1. The molecule has 0 aliphatic carbocycles. The SMILES string of the molecule is CCCNc1cnc2n(c1=O)[C@H](C(=O)O)CC2. The van der Waals surface area contributed by atoms with Crippen molar-refractivity contribution in [2.24, 2.45) is 0 Å². The number of hydrogen-bond donors (Lipinski definition) is 2. The number of rotatable bonds is 4. The maximum atomic E-state index is 12.1. The van der Waals surface area contributed by atoms with Crippen LogP contribution in [-0.4, -0.2) is 27.2 Å². The van der Waals surface area contributed by atoms with Gasteiger partial charge in [0.25, 0.3) is 5.56 Å². The van der Waals surface area contributed by atoms with Crippen molar-refractivity contribution in [1.29, 1.82) is 0 Å². The van der Waals surface area contributed by atoms with Gasteiger partial charge in [0.2, 0.25) is 0 Å². The highest BCUT2D eigenvalue weighted by Crippen LogP contribution is 2.22. The summed E-state index contributed by atoms with van der Waals surface area (Å²) in [5, 5.41) is 12.0. The van der Waals surface area contributed by atoms with Gasteiger partial charge >= 0.3 is 5.97 Å². The molecule has 2 N–H and O–H groups in total. The summed E-state index contributed by atoms with van der Waals surface area (Å²) in [7, 11) is 0. The van der Waals surface area contributed by atoms with E-state index in [2.05, 4.69) is 10.3 Å². The summed E-state index contributed by atoms with van der Waals surface area (Å²) in [6.45, 7) is 2.67. The molecular formula is C11H15N3O3. The van der Waals surface area contributed by atoms with E-state index >= 15 is 0 Å². The summed E-state index contributed by atoms with van der Waals surface area (Å²) in [6, 6.07) is -0.770. The standard InChI is InChI=1S/C11H15N3O3/c1-2-5-12-7-6-13-9-4-3-8(11(16)17)14(9)10(7)15/h6,8,12H,2-5H2,1H3,(H,16,17)/t8-/m0/s1. The van der Waals surface area contributed by atoms with Crippen LogP contribution in [0, 0.1) is 0 Å². The van der Waals surface area contributed by atoms with Crippen molar-refractivity contribution < 1.29 is 9.90 Å². The van der Waals surface area contributed by atoms with E-state index in [1.54, 1.807) is 0 Å². The molecule has 0 spiro atoms. The first-order valence-electron chi connectivity index (χ1n) is 5.72. The van der Waals surface area contributed by atoms with Crippen LogP contribution >= 0.6 is 0 Å². The topological polar surface area (TPSA) is 84.2 Å². The van der Waals surface area contributed by atoms with Gasteiger partial charge in [0, 0.05) is 13.0 Å². The van der Waals surface area contributed by atoms with Crippen molar-refractivity contribution in [2.75, 3.05) is 11.9 Å². The second-order valence-electron chi connectivity index (χ2n) is 4.08. The predicted octanol–water partition coefficient (Wildman–Crippen LogP) is 0.637. The third-order valence-corrected chi connectivity index (χ3v) is 2.87. The quantitative estimate of drug-likeness (QED) is 0.802. The van der Waals surface area contributed by atoms with Crippen LogP contribution < -0.4 is 10.9 Å². The van der Waals surface area contributed by atoms with Crippen LogP contribution in [-0.2, 0) is 11.2 Å². The number of fused-ring (bicyclic) bond motifs is 1. The molecular weight excluding hydrogens is 222 g/mol. The van der Waals surface area contributed by atoms with Crippen molar-refractivity contribution in [3.05, 3.63) is 22.4 Å². The molecule has 1 atom stereocenters. The van der Waals surface area contributed by atoms with Crippen LogP contribution in [0.3, 0.4) is 0 Å². The summed E-state index contributed by atoms with van der Waals surface area (Å²) in [5.41, 5.74) is 0.0945. The number of carbonyl (C=O) groups is 1. The van der Waals surface area contributed by atoms with Crippen LogP contribution in [0.25, 0.3) is 0 Å². The van der Waals surface area contributed by atoms with E-state index in [0.717, 1.165) is 6.42 Å². The first-order chi connectivity index (χ1) is 8.15. The number of nitrogens with one attached hydrogen (secondary N) is 1. The number of hydrogen-bond acceptors (Lipinski definition) is 4. The number of nitrogens with zero attached hydrogens (tertiary/aromatic N) is 2. The minimum Gasteiger partial charge on any atom is -0.480 e. The van der Waals surface area contributed by atoms with E-state index < -0.39 is 12.0 Å². The molecule has 1 aromatic rings. The predicted molar refractivity (Wildman–Crippen MR) is 62.3 cm³/mol. The molecule has 0 bridgehead atoms. The Balaban J connectivity index is 2.40. The summed E-state index contributed by atoms with van der Waals surface area (Å²) in [6.07, 6.45) is 3.37. The number of carboxylic acids is 1. The van der Waals surface area contributed by atoms with Crippen LogP contribution in [0.15, 0.2) is 11.0 Å². The smallest absolute Gasteiger partial charge is 0.326 e. The van der Waals surface area contributed by atoms with Crippen molar-refractivity contribution in [3.63, 3.8) is 0 Å². The van der Waals surface area contributed by atoms with Gasteiger partial charge in [0.15, 0.2) is 0 Å². The van der Waals surface area contributed by atoms with Crippen molar-refractivity contribution >= 4 is 11.7 Å². The molecule has 17 heavy (non-hydrogen) atoms. The zero-order valence-electron chi connectivity index (χ0n) is 9.64. The summed E-state index contributed by atoms with van der Waals surface area (Å²) < 4.78 is 1.29. The summed E-state index contributed by atoms with van der Waals surface area (Å²) >= 11 is 0. The molecule has 2 heterocycles. The van der Waals surface area contributed by atoms with Gasteiger partial charge in [0.05, 0.1) is 6.20 Å². The molecule has 92 valence electrons. The molecule has 1 aliphatic rings. The number of aliphatic carboxylic acids is 1. The fourth-order valence-corrected chi connectivity index (χ4v) is 2.02. The average Bonchev–Trinajstić information content (AvgIpc) is 2.73. The lowest BCUT2D eigenvalue weighted by atomic mass is 10.2. The molecule has 0 aromatic carbocycles. The Morgan fingerprint density at radius 2 is 2.47 bits per heavy atom. The highest BCUT2D eigenvalue weighted by molar-refractivity contribution is 5.72. The molecule has 1 aromatic heterocycles. The van der Waals surface area contributed by atoms with Gasteiger partial charge in [0.1, 0.15) is 17.6 Å². The Morgan fingerprint density at radius 3 is 3.12 bits per heavy atom. The Kier molecular flexibility index (Phi) is 3.12. The van der Waals surface area contributed by atoms with E-state index in [-0.39, 0.29) is 5.56 Å². The largest absolute Gasteiger partial charge is 0.480 e. The lowest BCUT2D eigenvalue weighted by molar-refractivity contribution is -0.140. The Labute approximate surface area is 98.3 Å². The third kappa shape index (κ3) is 2.02. The van der Waals surface area contributed by atoms with Crippen LogP contribution in [0.1, 0.15) is 31.6 Å². The zero-order chi connectivity index (χ0) is 12.4. The first-order valence-corrected chi connectivity index (χ1v) is 5.72. The van der Waals surface area contributed by atoms with Gasteiger partial charge in [-0.05, 0) is 12.8 Å². The van der Waals surface area contributed by atoms with Crippen LogP contribution in [0.5, 0.6) is 0 Å². The van der Waals surface area contributed by atoms with Crippen LogP contribution in [0.4, 0.5) is 5.69 Å². The minimum absolute atomic E-state index is 0.284. The molecule has 0 fully saturated rings. The minimum atomic E-state index is -0.972. The molecule has 6 nitrogen and oxygen atoms in total. The summed E-state index contributed by atoms with van der Waals surface area (Å²) in [5.74, 6) is -0.412. The molecule has 0 saturated carbocycles. The Hall–Kier alpha value is -1.85. The van der Waals surface area contributed by atoms with Gasteiger partial charge in [-0.2, -0.15) is 0 Å². The normalized spacial score (nSPS) is 17.8. The number of aromatic nitrogens is 2. The van der Waals surface area contributed by atoms with Gasteiger partial charge < -0.3 is 10.4 Å². The van der Waals surface area contributed by atoms with Crippen molar-refractivity contribution in [2.45, 2.75) is 32.2 Å². The molecule has 0 saturated heterocycles. The fourth-order valence-electron chi connectivity index (χ4n) is 2.02. The molecule has 0 unspecified atom stereocenters. The zero-order valence-corrected chi connectivity index (χ0v) is 9.64. The first kappa shape index (κ1) is 11.6. The maximum absolute atomic E-state index is 12.1. The van der Waals surface area contributed by atoms with Gasteiger partial charge in [-0.3, -0.25) is 9.36 Å². The van der Waals surface area contributed by atoms with E-state index in [9.17, 15) is 9.59 Å². The fraction of sp³-hybridized carbons (Fsp3) is 0.545. The number of aryl methyl sites for hydroxylation is 1. The van der Waals surface area contributed by atoms with Crippen molar-refractivity contribution in [3.8, 4) is 0 Å². The van der Waals surface area contributed by atoms with Crippen LogP contribution in [0.2, 0.25) is 0 Å². The highest BCUT2D eigenvalue weighted by atomic mass is 16.4. The second kappa shape index (κ2) is 4.57. The second-order valence-corrected chi connectivity index (χ2v) is 4.08. The molecule has 1 aliphatic heterocycles. The van der Waals surface area contributed by atoms with Gasteiger partial charge in [-0.25, -0.2) is 9.78 Å². The van der Waals surface area contributed by atoms with E-state index in [1.165, 1.54) is 10.8 Å². The monoisotopic (exact) mass is 237 g/mol. The molecule has 0 radical (unpaired) electrons. The van der Waals surface area contributed by atoms with E-state index in [1.807, 2.05) is 6.92 Å². The maximum Gasteiger partial charge on any atom is 0.326 e. The molecule has 0 amide bonds. The number of carboxylic acid groups (broad SMARTS) is 1. The Bertz CT molecular complexity index is 495. The lowest BCUT2D eigenvalue weighted by Crippen LogP contribution is -2.30. The van der Waals surface area contributed by atoms with Gasteiger partial charge in [-0.15, -0.1) is 0 Å². The lowest BCUT2D eigenvalue weighted by Gasteiger charge is -2.11. The third-order valence-electron chi connectivity index (χ3n) is 2.87. The Morgan fingerprint density at radius 1 is 1.71 bits per heavy atom. The highest BCUT2D eigenvalue weighted by Gasteiger charge is 2.30. The molecule has 2 rings (SSSR count).